The largest absolute Gasteiger partial charge is 0.507 e. The molecule has 1 fully saturated rings. The number of aliphatic hydroxyl groups is 1. The van der Waals surface area contributed by atoms with Crippen LogP contribution in [0.4, 0.5) is 11.4 Å². The van der Waals surface area contributed by atoms with E-state index in [-0.39, 0.29) is 17.9 Å². The van der Waals surface area contributed by atoms with Crippen molar-refractivity contribution in [1.29, 1.82) is 0 Å². The Balaban J connectivity index is 1.62. The van der Waals surface area contributed by atoms with Crippen molar-refractivity contribution in [2.24, 2.45) is 0 Å². The third-order valence-corrected chi connectivity index (χ3v) is 7.26. The first-order valence-corrected chi connectivity index (χ1v) is 12.9. The minimum absolute atomic E-state index is 0.0702. The van der Waals surface area contributed by atoms with Crippen LogP contribution in [-0.4, -0.2) is 60.0 Å². The molecule has 1 unspecified atom stereocenters. The molecule has 8 heteroatoms. The van der Waals surface area contributed by atoms with E-state index in [2.05, 4.69) is 23.7 Å². The van der Waals surface area contributed by atoms with Crippen LogP contribution in [0.15, 0.2) is 72.4 Å². The number of ketones is 1. The third-order valence-electron chi connectivity index (χ3n) is 7.26. The fourth-order valence-electron chi connectivity index (χ4n) is 5.17. The van der Waals surface area contributed by atoms with E-state index in [0.29, 0.717) is 24.4 Å². The van der Waals surface area contributed by atoms with Gasteiger partial charge >= 0.3 is 0 Å². The molecule has 1 aromatic heterocycles. The van der Waals surface area contributed by atoms with Crippen LogP contribution in [0.5, 0.6) is 5.75 Å². The molecule has 38 heavy (non-hydrogen) atoms. The number of amides is 1. The minimum Gasteiger partial charge on any atom is -0.507 e. The van der Waals surface area contributed by atoms with Crippen LogP contribution in [0.1, 0.15) is 36.7 Å². The highest BCUT2D eigenvalue weighted by Gasteiger charge is 2.46. The third kappa shape index (κ3) is 4.58. The Morgan fingerprint density at radius 2 is 1.84 bits per heavy atom. The Hall–Kier alpha value is -4.33. The first-order chi connectivity index (χ1) is 18.4. The maximum Gasteiger partial charge on any atom is 0.296 e. The zero-order valence-electron chi connectivity index (χ0n) is 21.9. The molecule has 2 aliphatic heterocycles. The SMILES string of the molecule is CCN(CC)c1ccc(C2/C(=C(/O)c3ccc4c(c3)N(C)CCO4)C(=O)C(=O)N2Cc2ccccn2)cc1. The number of ether oxygens (including phenoxy) is 1. The van der Waals surface area contributed by atoms with E-state index >= 15 is 0 Å². The van der Waals surface area contributed by atoms with E-state index in [1.54, 1.807) is 30.5 Å². The summed E-state index contributed by atoms with van der Waals surface area (Å²) < 4.78 is 5.74. The summed E-state index contributed by atoms with van der Waals surface area (Å²) in [6.45, 7) is 7.36. The predicted octanol–water partition coefficient (Wildman–Crippen LogP) is 4.38. The normalized spacial score (nSPS) is 18.3. The number of pyridine rings is 1. The van der Waals surface area contributed by atoms with Gasteiger partial charge in [0.1, 0.15) is 18.1 Å². The first kappa shape index (κ1) is 25.3. The van der Waals surface area contributed by atoms with E-state index < -0.39 is 17.7 Å². The van der Waals surface area contributed by atoms with Crippen molar-refractivity contribution in [3.63, 3.8) is 0 Å². The molecule has 3 heterocycles. The highest BCUT2D eigenvalue weighted by Crippen LogP contribution is 2.42. The molecule has 0 spiro atoms. The lowest BCUT2D eigenvalue weighted by Crippen LogP contribution is -2.29. The zero-order chi connectivity index (χ0) is 26.8. The lowest BCUT2D eigenvalue weighted by Gasteiger charge is -2.28. The van der Waals surface area contributed by atoms with Crippen LogP contribution in [0, 0.1) is 0 Å². The van der Waals surface area contributed by atoms with Crippen molar-refractivity contribution in [3.05, 3.63) is 89.3 Å². The van der Waals surface area contributed by atoms with Gasteiger partial charge in [-0.1, -0.05) is 18.2 Å². The van der Waals surface area contributed by atoms with Gasteiger partial charge in [0.05, 0.1) is 36.1 Å². The average Bonchev–Trinajstić information content (AvgIpc) is 3.19. The number of hydrogen-bond acceptors (Lipinski definition) is 7. The fourth-order valence-corrected chi connectivity index (χ4v) is 5.17. The van der Waals surface area contributed by atoms with Crippen LogP contribution in [0.3, 0.4) is 0 Å². The smallest absolute Gasteiger partial charge is 0.296 e. The summed E-state index contributed by atoms with van der Waals surface area (Å²) >= 11 is 0. The molecule has 2 aromatic carbocycles. The summed E-state index contributed by atoms with van der Waals surface area (Å²) in [5.74, 6) is -0.854. The number of aromatic nitrogens is 1. The van der Waals surface area contributed by atoms with Crippen LogP contribution in [-0.2, 0) is 16.1 Å². The lowest BCUT2D eigenvalue weighted by molar-refractivity contribution is -0.140. The number of hydrogen-bond donors (Lipinski definition) is 1. The van der Waals surface area contributed by atoms with Crippen LogP contribution in [0.2, 0.25) is 0 Å². The number of nitrogens with zero attached hydrogens (tertiary/aromatic N) is 4. The number of anilines is 2. The summed E-state index contributed by atoms with van der Waals surface area (Å²) in [4.78, 5) is 36.9. The minimum atomic E-state index is -0.757. The molecule has 1 atom stereocenters. The summed E-state index contributed by atoms with van der Waals surface area (Å²) in [6.07, 6.45) is 1.66. The lowest BCUT2D eigenvalue weighted by atomic mass is 9.94. The Kier molecular flexibility index (Phi) is 7.05. The van der Waals surface area contributed by atoms with Crippen molar-refractivity contribution in [1.82, 2.24) is 9.88 Å². The molecule has 0 saturated carbocycles. The number of Topliss-reactive ketones (excluding diaryl/α,β-unsaturated/α-hetero) is 1. The van der Waals surface area contributed by atoms with Crippen molar-refractivity contribution >= 4 is 28.8 Å². The summed E-state index contributed by atoms with van der Waals surface area (Å²) in [7, 11) is 1.95. The zero-order valence-corrected chi connectivity index (χ0v) is 21.9. The molecule has 8 nitrogen and oxygen atoms in total. The van der Waals surface area contributed by atoms with E-state index in [1.807, 2.05) is 48.3 Å². The first-order valence-electron chi connectivity index (χ1n) is 12.9. The molecule has 5 rings (SSSR count). The quantitative estimate of drug-likeness (QED) is 0.286. The predicted molar refractivity (Wildman–Crippen MR) is 147 cm³/mol. The molecule has 2 aliphatic rings. The van der Waals surface area contributed by atoms with Crippen molar-refractivity contribution < 1.29 is 19.4 Å². The van der Waals surface area contributed by atoms with Gasteiger partial charge < -0.3 is 24.5 Å². The number of fused-ring (bicyclic) bond motifs is 1. The molecule has 0 bridgehead atoms. The monoisotopic (exact) mass is 512 g/mol. The molecular formula is C30H32N4O4. The molecule has 196 valence electrons. The number of rotatable bonds is 7. The maximum atomic E-state index is 13.5. The van der Waals surface area contributed by atoms with E-state index in [1.165, 1.54) is 4.90 Å². The van der Waals surface area contributed by atoms with Crippen LogP contribution >= 0.6 is 0 Å². The van der Waals surface area contributed by atoms with Gasteiger partial charge in [0.2, 0.25) is 0 Å². The number of aliphatic hydroxyl groups excluding tert-OH is 1. The van der Waals surface area contributed by atoms with Crippen molar-refractivity contribution in [2.75, 3.05) is 43.1 Å². The molecule has 0 aliphatic carbocycles. The Morgan fingerprint density at radius 1 is 1.08 bits per heavy atom. The maximum absolute atomic E-state index is 13.5. The molecular weight excluding hydrogens is 480 g/mol. The van der Waals surface area contributed by atoms with Crippen LogP contribution in [0.25, 0.3) is 5.76 Å². The standard InChI is InChI=1S/C30H32N4O4/c1-4-33(5-2)23-12-9-20(10-13-23)27-26(29(36)30(37)34(27)19-22-8-6-7-15-31-22)28(35)21-11-14-25-24(18-21)32(3)16-17-38-25/h6-15,18,27,35H,4-5,16-17,19H2,1-3H3/b28-26-. The number of carbonyl (C=O) groups excluding carboxylic acids is 2. The van der Waals surface area contributed by atoms with Gasteiger partial charge in [-0.25, -0.2) is 0 Å². The molecule has 3 aromatic rings. The second kappa shape index (κ2) is 10.6. The second-order valence-electron chi connectivity index (χ2n) is 9.46. The van der Waals surface area contributed by atoms with Crippen molar-refractivity contribution in [3.8, 4) is 5.75 Å². The Bertz CT molecular complexity index is 1370. The van der Waals surface area contributed by atoms with E-state index in [0.717, 1.165) is 35.8 Å². The van der Waals surface area contributed by atoms with E-state index in [4.69, 9.17) is 4.74 Å². The summed E-state index contributed by atoms with van der Waals surface area (Å²) in [5.41, 5.74) is 3.81. The molecule has 1 saturated heterocycles. The van der Waals surface area contributed by atoms with Crippen molar-refractivity contribution in [2.45, 2.75) is 26.4 Å². The highest BCUT2D eigenvalue weighted by atomic mass is 16.5. The highest BCUT2D eigenvalue weighted by molar-refractivity contribution is 6.46. The summed E-state index contributed by atoms with van der Waals surface area (Å²) in [6, 6.07) is 17.9. The second-order valence-corrected chi connectivity index (χ2v) is 9.46. The molecule has 0 radical (unpaired) electrons. The number of benzene rings is 2. The van der Waals surface area contributed by atoms with Gasteiger partial charge in [0, 0.05) is 37.6 Å². The topological polar surface area (TPSA) is 86.2 Å². The number of likely N-dealkylation sites (tertiary alicyclic amines) is 1. The fraction of sp³-hybridized carbons (Fsp3) is 0.300. The number of likely N-dealkylation sites (N-methyl/N-ethyl adjacent to an activating group) is 1. The van der Waals surface area contributed by atoms with Gasteiger partial charge in [-0.3, -0.25) is 14.6 Å². The van der Waals surface area contributed by atoms with Gasteiger partial charge in [-0.2, -0.15) is 0 Å². The average molecular weight is 513 g/mol. The molecule has 1 N–H and O–H groups in total. The van der Waals surface area contributed by atoms with Gasteiger partial charge in [0.25, 0.3) is 11.7 Å². The van der Waals surface area contributed by atoms with Crippen LogP contribution < -0.4 is 14.5 Å². The Morgan fingerprint density at radius 3 is 2.53 bits per heavy atom. The van der Waals surface area contributed by atoms with Gasteiger partial charge in [-0.15, -0.1) is 0 Å². The Labute approximate surface area is 222 Å². The summed E-state index contributed by atoms with van der Waals surface area (Å²) in [5, 5.41) is 11.5. The number of carbonyl (C=O) groups is 2. The molecule has 1 amide bonds. The van der Waals surface area contributed by atoms with Gasteiger partial charge in [0.15, 0.2) is 0 Å². The van der Waals surface area contributed by atoms with E-state index in [9.17, 15) is 14.7 Å². The van der Waals surface area contributed by atoms with Gasteiger partial charge in [-0.05, 0) is 61.9 Å².